The molecule has 1 saturated heterocycles. The van der Waals surface area contributed by atoms with Gasteiger partial charge in [0.05, 0.1) is 6.61 Å². The molecule has 0 amide bonds. The van der Waals surface area contributed by atoms with Gasteiger partial charge < -0.3 is 4.74 Å². The van der Waals surface area contributed by atoms with Crippen LogP contribution in [0.3, 0.4) is 0 Å². The van der Waals surface area contributed by atoms with Crippen LogP contribution in [0, 0.1) is 0 Å². The van der Waals surface area contributed by atoms with Crippen LogP contribution >= 0.6 is 0 Å². The highest BCUT2D eigenvalue weighted by Crippen LogP contribution is 2.06. The minimum atomic E-state index is -0.447. The normalized spacial score (nSPS) is 31.9. The van der Waals surface area contributed by atoms with Crippen LogP contribution in [-0.4, -0.2) is 19.3 Å². The Balaban J connectivity index is 2.17. The van der Waals surface area contributed by atoms with Crippen molar-refractivity contribution in [3.63, 3.8) is 0 Å². The number of ether oxygens (including phenoxy) is 1. The molecule has 1 aliphatic rings. The average Bonchev–Trinajstić information content (AvgIpc) is 1.94. The molecule has 1 heterocycles. The molecule has 0 aromatic heterocycles. The summed E-state index contributed by atoms with van der Waals surface area (Å²) in [4.78, 5) is 0. The first-order valence-corrected chi connectivity index (χ1v) is 3.13. The lowest BCUT2D eigenvalue weighted by Gasteiger charge is -1.99. The molecule has 1 unspecified atom stereocenters. The fourth-order valence-electron chi connectivity index (χ4n) is 0.874. The van der Waals surface area contributed by atoms with Crippen molar-refractivity contribution in [2.75, 3.05) is 13.2 Å². The second-order valence-corrected chi connectivity index (χ2v) is 2.19. The van der Waals surface area contributed by atoms with Gasteiger partial charge in [-0.15, -0.1) is 0 Å². The molecule has 0 aromatic carbocycles. The van der Waals surface area contributed by atoms with E-state index in [1.165, 1.54) is 0 Å². The van der Waals surface area contributed by atoms with Crippen LogP contribution in [0.25, 0.3) is 0 Å². The van der Waals surface area contributed by atoms with Crippen LogP contribution < -0.4 is 0 Å². The molecular weight excluding hydrogens is 104 g/mol. The van der Waals surface area contributed by atoms with Crippen LogP contribution in [0.1, 0.15) is 19.3 Å². The fraction of sp³-hybridized carbons (Fsp3) is 1.00. The third kappa shape index (κ3) is 1.80. The van der Waals surface area contributed by atoms with Crippen molar-refractivity contribution in [1.29, 1.82) is 0 Å². The Morgan fingerprint density at radius 1 is 1.38 bits per heavy atom. The lowest BCUT2D eigenvalue weighted by molar-refractivity contribution is 0.00831. The lowest BCUT2D eigenvalue weighted by atomic mass is 10.2. The molecule has 1 rings (SSSR count). The van der Waals surface area contributed by atoms with Gasteiger partial charge in [0.15, 0.2) is 0 Å². The monoisotopic (exact) mass is 115 g/mol. The largest absolute Gasteiger partial charge is 0.379 e. The molecule has 0 aliphatic carbocycles. The Kier molecular flexibility index (Phi) is 2.30. The molecule has 1 fully saturated rings. The first-order chi connectivity index (χ1) is 3.89. The maximum absolute atomic E-state index is 10.6. The van der Waals surface area contributed by atoms with Crippen LogP contribution in [0.5, 0.6) is 0 Å². The van der Waals surface area contributed by atoms with Gasteiger partial charge in [0, 0.05) is 6.61 Å². The molecule has 2 heteroatoms. The highest BCUT2D eigenvalue weighted by atomic mass is 16.5. The zero-order valence-electron chi connectivity index (χ0n) is 4.93. The molecule has 0 aromatic rings. The van der Waals surface area contributed by atoms with Crippen LogP contribution in [0.15, 0.2) is 0 Å². The third-order valence-corrected chi connectivity index (χ3v) is 1.37. The van der Waals surface area contributed by atoms with Gasteiger partial charge in [-0.1, -0.05) is 0 Å². The molecule has 1 atom stereocenters. The maximum Gasteiger partial charge on any atom is 0.116 e. The maximum atomic E-state index is 10.6. The fourth-order valence-corrected chi connectivity index (χ4v) is 0.874. The van der Waals surface area contributed by atoms with E-state index in [-0.39, 0.29) is 0 Å². The zero-order valence-corrected chi connectivity index (χ0v) is 4.93. The van der Waals surface area contributed by atoms with E-state index >= 15 is 0 Å². The smallest absolute Gasteiger partial charge is 0.116 e. The Morgan fingerprint density at radius 3 is 3.12 bits per heavy atom. The van der Waals surface area contributed by atoms with Gasteiger partial charge in [0.25, 0.3) is 0 Å². The van der Waals surface area contributed by atoms with E-state index in [0.717, 1.165) is 25.9 Å². The summed E-state index contributed by atoms with van der Waals surface area (Å²) < 4.78 is 4.99. The van der Waals surface area contributed by atoms with Crippen molar-refractivity contribution < 1.29 is 9.84 Å². The summed E-state index contributed by atoms with van der Waals surface area (Å²) in [6.45, 7) is 1.22. The van der Waals surface area contributed by atoms with Crippen LogP contribution in [0.4, 0.5) is 0 Å². The van der Waals surface area contributed by atoms with Gasteiger partial charge >= 0.3 is 0 Å². The first-order valence-electron chi connectivity index (χ1n) is 3.13. The second-order valence-electron chi connectivity index (χ2n) is 2.19. The van der Waals surface area contributed by atoms with E-state index in [9.17, 15) is 5.11 Å². The van der Waals surface area contributed by atoms with Gasteiger partial charge in [-0.25, -0.2) is 5.11 Å². The van der Waals surface area contributed by atoms with E-state index in [4.69, 9.17) is 4.74 Å². The van der Waals surface area contributed by atoms with E-state index in [0.29, 0.717) is 6.61 Å². The second kappa shape index (κ2) is 3.05. The summed E-state index contributed by atoms with van der Waals surface area (Å²) in [6, 6.07) is 0. The Hall–Kier alpha value is -0.0800. The van der Waals surface area contributed by atoms with Gasteiger partial charge in [-0.3, -0.25) is 0 Å². The molecule has 2 nitrogen and oxygen atoms in total. The molecule has 0 N–H and O–H groups in total. The van der Waals surface area contributed by atoms with Crippen molar-refractivity contribution >= 4 is 0 Å². The SMILES string of the molecule is [O]C1CCCCOC1. The highest BCUT2D eigenvalue weighted by Gasteiger charge is 2.08. The summed E-state index contributed by atoms with van der Waals surface area (Å²) in [5, 5.41) is 10.6. The summed E-state index contributed by atoms with van der Waals surface area (Å²) in [6.07, 6.45) is 2.48. The Labute approximate surface area is 49.5 Å². The van der Waals surface area contributed by atoms with Gasteiger partial charge in [-0.2, -0.15) is 0 Å². The predicted octanol–water partition coefficient (Wildman–Crippen LogP) is 0.986. The molecule has 1 radical (unpaired) electrons. The van der Waals surface area contributed by atoms with Crippen molar-refractivity contribution in [2.24, 2.45) is 0 Å². The van der Waals surface area contributed by atoms with Gasteiger partial charge in [0.2, 0.25) is 0 Å². The molecule has 47 valence electrons. The lowest BCUT2D eigenvalue weighted by Crippen LogP contribution is -2.09. The van der Waals surface area contributed by atoms with Crippen molar-refractivity contribution in [1.82, 2.24) is 0 Å². The van der Waals surface area contributed by atoms with Crippen molar-refractivity contribution in [3.05, 3.63) is 0 Å². The van der Waals surface area contributed by atoms with E-state index < -0.39 is 6.10 Å². The van der Waals surface area contributed by atoms with Gasteiger partial charge in [-0.05, 0) is 19.3 Å². The molecular formula is C6H11O2. The summed E-state index contributed by atoms with van der Waals surface area (Å²) in [5.41, 5.74) is 0. The minimum Gasteiger partial charge on any atom is -0.379 e. The van der Waals surface area contributed by atoms with Crippen LogP contribution in [-0.2, 0) is 9.84 Å². The molecule has 0 spiro atoms. The van der Waals surface area contributed by atoms with Crippen LogP contribution in [0.2, 0.25) is 0 Å². The summed E-state index contributed by atoms with van der Waals surface area (Å²) in [5.74, 6) is 0. The van der Waals surface area contributed by atoms with Crippen molar-refractivity contribution in [3.8, 4) is 0 Å². The highest BCUT2D eigenvalue weighted by molar-refractivity contribution is 4.57. The number of rotatable bonds is 0. The average molecular weight is 115 g/mol. The molecule has 0 bridgehead atoms. The Bertz CT molecular complexity index is 55.5. The zero-order chi connectivity index (χ0) is 5.82. The standard InChI is InChI=1S/C6H11O2/c7-6-3-1-2-4-8-5-6/h6H,1-5H2. The van der Waals surface area contributed by atoms with E-state index in [2.05, 4.69) is 0 Å². The summed E-state index contributed by atoms with van der Waals surface area (Å²) >= 11 is 0. The minimum absolute atomic E-state index is 0.431. The number of hydrogen-bond donors (Lipinski definition) is 0. The quantitative estimate of drug-likeness (QED) is 0.462. The van der Waals surface area contributed by atoms with E-state index in [1.54, 1.807) is 0 Å². The molecule has 8 heavy (non-hydrogen) atoms. The topological polar surface area (TPSA) is 29.1 Å². The molecule has 0 saturated carbocycles. The van der Waals surface area contributed by atoms with Gasteiger partial charge in [0.1, 0.15) is 6.10 Å². The number of hydrogen-bond acceptors (Lipinski definition) is 1. The summed E-state index contributed by atoms with van der Waals surface area (Å²) in [7, 11) is 0. The van der Waals surface area contributed by atoms with E-state index in [1.807, 2.05) is 0 Å². The predicted molar refractivity (Wildman–Crippen MR) is 29.1 cm³/mol. The third-order valence-electron chi connectivity index (χ3n) is 1.37. The first kappa shape index (κ1) is 6.05. The molecule has 1 aliphatic heterocycles. The van der Waals surface area contributed by atoms with Crippen molar-refractivity contribution in [2.45, 2.75) is 25.4 Å². The Morgan fingerprint density at radius 2 is 2.25 bits per heavy atom.